The summed E-state index contributed by atoms with van der Waals surface area (Å²) < 4.78 is 10.9. The quantitative estimate of drug-likeness (QED) is 0.497. The number of carbonyl (C=O) groups is 3. The lowest BCUT2D eigenvalue weighted by atomic mass is 9.48. The van der Waals surface area contributed by atoms with Crippen LogP contribution < -0.4 is 5.11 Å². The molecule has 2 atom stereocenters. The first-order chi connectivity index (χ1) is 10.9. The van der Waals surface area contributed by atoms with Crippen molar-refractivity contribution in [2.24, 2.45) is 17.3 Å². The number of aliphatic carboxylic acids is 1. The Morgan fingerprint density at radius 1 is 1.13 bits per heavy atom. The Bertz CT molecular complexity index is 517. The van der Waals surface area contributed by atoms with Crippen LogP contribution >= 0.6 is 15.9 Å². The number of carbonyl (C=O) groups excluding carboxylic acids is 3. The highest BCUT2D eigenvalue weighted by atomic mass is 79.9. The van der Waals surface area contributed by atoms with E-state index >= 15 is 0 Å². The molecular formula is C16H20BrO6-. The largest absolute Gasteiger partial charge is 0.550 e. The maximum atomic E-state index is 12.6. The van der Waals surface area contributed by atoms with Crippen molar-refractivity contribution in [3.8, 4) is 0 Å². The predicted molar refractivity (Wildman–Crippen MR) is 80.3 cm³/mol. The van der Waals surface area contributed by atoms with E-state index in [1.165, 1.54) is 0 Å². The second-order valence-electron chi connectivity index (χ2n) is 7.29. The van der Waals surface area contributed by atoms with Crippen LogP contribution in [0.5, 0.6) is 0 Å². The highest BCUT2D eigenvalue weighted by molar-refractivity contribution is 9.09. The van der Waals surface area contributed by atoms with Crippen LogP contribution in [0.15, 0.2) is 0 Å². The topological polar surface area (TPSA) is 92.7 Å². The Labute approximate surface area is 143 Å². The van der Waals surface area contributed by atoms with Gasteiger partial charge in [0, 0.05) is 18.8 Å². The average molecular weight is 388 g/mol. The standard InChI is InChI=1S/C16H21BrO6/c17-8-13(20)23-16-6-10-3-11(7-16)5-15(4-10,9-16)14(21)22-2-1-12(18)19/h10-11H,1-9H2,(H,18,19)/p-1. The van der Waals surface area contributed by atoms with Crippen molar-refractivity contribution in [1.29, 1.82) is 0 Å². The van der Waals surface area contributed by atoms with Crippen LogP contribution in [-0.2, 0) is 23.9 Å². The molecule has 4 rings (SSSR count). The Balaban J connectivity index is 1.73. The monoisotopic (exact) mass is 387 g/mol. The molecule has 0 radical (unpaired) electrons. The third-order valence-corrected chi connectivity index (χ3v) is 5.88. The predicted octanol–water partition coefficient (Wildman–Crippen LogP) is 0.947. The second kappa shape index (κ2) is 6.07. The number of carboxylic acid groups (broad SMARTS) is 1. The van der Waals surface area contributed by atoms with E-state index in [0.717, 1.165) is 32.1 Å². The maximum Gasteiger partial charge on any atom is 0.317 e. The number of rotatable bonds is 6. The zero-order valence-electron chi connectivity index (χ0n) is 12.8. The fourth-order valence-corrected chi connectivity index (χ4v) is 5.30. The number of hydrogen-bond donors (Lipinski definition) is 0. The van der Waals surface area contributed by atoms with E-state index in [9.17, 15) is 19.5 Å². The average Bonchev–Trinajstić information content (AvgIpc) is 2.44. The normalized spacial score (nSPS) is 37.4. The minimum atomic E-state index is -1.23. The van der Waals surface area contributed by atoms with E-state index < -0.39 is 17.0 Å². The number of ether oxygens (including phenoxy) is 2. The minimum absolute atomic E-state index is 0.146. The maximum absolute atomic E-state index is 12.6. The van der Waals surface area contributed by atoms with Gasteiger partial charge < -0.3 is 19.4 Å². The fraction of sp³-hybridized carbons (Fsp3) is 0.812. The van der Waals surface area contributed by atoms with E-state index in [-0.39, 0.29) is 30.3 Å². The number of hydrogen-bond acceptors (Lipinski definition) is 6. The third-order valence-electron chi connectivity index (χ3n) is 5.42. The summed E-state index contributed by atoms with van der Waals surface area (Å²) >= 11 is 3.12. The summed E-state index contributed by atoms with van der Waals surface area (Å²) in [7, 11) is 0. The van der Waals surface area contributed by atoms with E-state index in [4.69, 9.17) is 9.47 Å². The van der Waals surface area contributed by atoms with Crippen LogP contribution in [0, 0.1) is 17.3 Å². The molecular weight excluding hydrogens is 368 g/mol. The molecule has 0 N–H and O–H groups in total. The molecule has 0 aromatic heterocycles. The van der Waals surface area contributed by atoms with Gasteiger partial charge in [0.25, 0.3) is 0 Å². The summed E-state index contributed by atoms with van der Waals surface area (Å²) in [5, 5.41) is 10.6. The number of alkyl halides is 1. The Kier molecular flexibility index (Phi) is 4.42. The fourth-order valence-electron chi connectivity index (χ4n) is 5.19. The van der Waals surface area contributed by atoms with Crippen LogP contribution in [-0.4, -0.2) is 35.4 Å². The molecule has 4 bridgehead atoms. The molecule has 0 aliphatic heterocycles. The van der Waals surface area contributed by atoms with E-state index in [1.807, 2.05) is 0 Å². The Morgan fingerprint density at radius 2 is 1.78 bits per heavy atom. The van der Waals surface area contributed by atoms with Gasteiger partial charge in [-0.2, -0.15) is 0 Å². The van der Waals surface area contributed by atoms with Crippen molar-refractivity contribution in [3.05, 3.63) is 0 Å². The van der Waals surface area contributed by atoms with Gasteiger partial charge in [0.1, 0.15) is 10.9 Å². The molecule has 7 heteroatoms. The van der Waals surface area contributed by atoms with Gasteiger partial charge in [-0.15, -0.1) is 0 Å². The van der Waals surface area contributed by atoms with Crippen molar-refractivity contribution in [1.82, 2.24) is 0 Å². The molecule has 0 heterocycles. The molecule has 0 amide bonds. The summed E-state index contributed by atoms with van der Waals surface area (Å²) in [6, 6.07) is 0. The van der Waals surface area contributed by atoms with E-state index in [2.05, 4.69) is 15.9 Å². The summed E-state index contributed by atoms with van der Waals surface area (Å²) in [5.41, 5.74) is -1.18. The smallest absolute Gasteiger partial charge is 0.317 e. The number of halogens is 1. The van der Waals surface area contributed by atoms with E-state index in [1.54, 1.807) is 0 Å². The molecule has 0 aromatic rings. The first-order valence-electron chi connectivity index (χ1n) is 8.01. The summed E-state index contributed by atoms with van der Waals surface area (Å²) in [6.07, 6.45) is 4.41. The van der Waals surface area contributed by atoms with Crippen LogP contribution in [0.3, 0.4) is 0 Å². The van der Waals surface area contributed by atoms with Crippen LogP contribution in [0.25, 0.3) is 0 Å². The van der Waals surface area contributed by atoms with Gasteiger partial charge in [0.05, 0.1) is 12.0 Å². The summed E-state index contributed by atoms with van der Waals surface area (Å²) in [4.78, 5) is 34.8. The summed E-state index contributed by atoms with van der Waals surface area (Å²) in [6.45, 7) is -0.160. The molecule has 128 valence electrons. The molecule has 23 heavy (non-hydrogen) atoms. The Hall–Kier alpha value is -1.11. The molecule has 0 aromatic carbocycles. The van der Waals surface area contributed by atoms with Gasteiger partial charge in [-0.05, 0) is 43.9 Å². The lowest BCUT2D eigenvalue weighted by molar-refractivity contribution is -0.306. The zero-order valence-corrected chi connectivity index (χ0v) is 14.4. The first kappa shape index (κ1) is 16.7. The van der Waals surface area contributed by atoms with Crippen molar-refractivity contribution in [3.63, 3.8) is 0 Å². The molecule has 4 aliphatic carbocycles. The zero-order chi connectivity index (χ0) is 16.7. The van der Waals surface area contributed by atoms with Crippen LogP contribution in [0.1, 0.15) is 44.9 Å². The van der Waals surface area contributed by atoms with Crippen LogP contribution in [0.4, 0.5) is 0 Å². The SMILES string of the molecule is O=C([O-])CCOC(=O)C12CC3CC(CC(OC(=O)CBr)(C3)C1)C2. The Morgan fingerprint density at radius 3 is 2.35 bits per heavy atom. The van der Waals surface area contributed by atoms with Crippen LogP contribution in [0.2, 0.25) is 0 Å². The molecule has 4 aliphatic rings. The molecule has 4 fully saturated rings. The minimum Gasteiger partial charge on any atom is -0.550 e. The summed E-state index contributed by atoms with van der Waals surface area (Å²) in [5.74, 6) is -1.13. The molecule has 0 spiro atoms. The highest BCUT2D eigenvalue weighted by Crippen LogP contribution is 2.63. The molecule has 0 saturated heterocycles. The number of carboxylic acids is 1. The van der Waals surface area contributed by atoms with Gasteiger partial charge in [-0.3, -0.25) is 9.59 Å². The second-order valence-corrected chi connectivity index (χ2v) is 7.85. The highest BCUT2D eigenvalue weighted by Gasteiger charge is 2.62. The van der Waals surface area contributed by atoms with Crippen molar-refractivity contribution < 1.29 is 29.0 Å². The van der Waals surface area contributed by atoms with Crippen molar-refractivity contribution in [2.45, 2.75) is 50.5 Å². The lowest BCUT2D eigenvalue weighted by Crippen LogP contribution is -2.60. The van der Waals surface area contributed by atoms with Gasteiger partial charge in [-0.25, -0.2) is 0 Å². The lowest BCUT2D eigenvalue weighted by Gasteiger charge is -2.59. The van der Waals surface area contributed by atoms with Gasteiger partial charge in [-0.1, -0.05) is 15.9 Å². The van der Waals surface area contributed by atoms with E-state index in [0.29, 0.717) is 18.3 Å². The molecule has 4 saturated carbocycles. The van der Waals surface area contributed by atoms with Gasteiger partial charge in [0.15, 0.2) is 0 Å². The number of esters is 2. The van der Waals surface area contributed by atoms with Gasteiger partial charge >= 0.3 is 11.9 Å². The first-order valence-corrected chi connectivity index (χ1v) is 9.13. The van der Waals surface area contributed by atoms with Crippen molar-refractivity contribution in [2.75, 3.05) is 11.9 Å². The van der Waals surface area contributed by atoms with Gasteiger partial charge in [0.2, 0.25) is 0 Å². The van der Waals surface area contributed by atoms with Crippen molar-refractivity contribution >= 4 is 33.8 Å². The molecule has 2 unspecified atom stereocenters. The molecule has 6 nitrogen and oxygen atoms in total. The third kappa shape index (κ3) is 3.25.